The quantitative estimate of drug-likeness (QED) is 0.851. The molecule has 0 spiro atoms. The van der Waals surface area contributed by atoms with Gasteiger partial charge < -0.3 is 9.52 Å². The average Bonchev–Trinajstić information content (AvgIpc) is 3.21. The lowest BCUT2D eigenvalue weighted by Crippen LogP contribution is -2.54. The van der Waals surface area contributed by atoms with Crippen LogP contribution in [0, 0.1) is 0 Å². The van der Waals surface area contributed by atoms with E-state index in [-0.39, 0.29) is 6.10 Å². The van der Waals surface area contributed by atoms with Crippen LogP contribution in [0.25, 0.3) is 0 Å². The van der Waals surface area contributed by atoms with Crippen LogP contribution in [-0.2, 0) is 6.54 Å². The first-order chi connectivity index (χ1) is 10.2. The molecule has 0 bridgehead atoms. The zero-order valence-corrected chi connectivity index (χ0v) is 13.0. The molecule has 6 heteroatoms. The molecule has 0 unspecified atom stereocenters. The maximum Gasteiger partial charge on any atom is 0.230 e. The fourth-order valence-electron chi connectivity index (χ4n) is 3.08. The van der Waals surface area contributed by atoms with Crippen molar-refractivity contribution in [3.05, 3.63) is 11.8 Å². The van der Waals surface area contributed by atoms with Gasteiger partial charge in [-0.2, -0.15) is 0 Å². The Morgan fingerprint density at radius 3 is 2.81 bits per heavy atom. The summed E-state index contributed by atoms with van der Waals surface area (Å²) < 4.78 is 5.75. The van der Waals surface area contributed by atoms with Gasteiger partial charge in [-0.15, -0.1) is 10.2 Å². The molecule has 6 nitrogen and oxygen atoms in total. The fraction of sp³-hybridized carbons (Fsp3) is 0.867. The maximum atomic E-state index is 9.59. The molecule has 1 aromatic rings. The molecule has 2 aliphatic rings. The van der Waals surface area contributed by atoms with Crippen molar-refractivity contribution in [1.82, 2.24) is 20.0 Å². The van der Waals surface area contributed by atoms with Gasteiger partial charge in [-0.05, 0) is 26.2 Å². The van der Waals surface area contributed by atoms with Crippen LogP contribution in [0.5, 0.6) is 0 Å². The molecule has 1 saturated carbocycles. The number of β-amino-alcohol motifs (C(OH)–C–C–N with tert-alkyl or cyclic N) is 1. The Morgan fingerprint density at radius 1 is 1.33 bits per heavy atom. The third-order valence-corrected chi connectivity index (χ3v) is 4.43. The second kappa shape index (κ2) is 6.42. The fourth-order valence-corrected chi connectivity index (χ4v) is 3.08. The monoisotopic (exact) mass is 294 g/mol. The smallest absolute Gasteiger partial charge is 0.230 e. The number of aliphatic hydroxyl groups is 1. The van der Waals surface area contributed by atoms with E-state index in [1.165, 1.54) is 12.8 Å². The van der Waals surface area contributed by atoms with Crippen LogP contribution in [0.15, 0.2) is 4.42 Å². The van der Waals surface area contributed by atoms with Gasteiger partial charge in [0.05, 0.1) is 12.6 Å². The molecule has 1 saturated heterocycles. The van der Waals surface area contributed by atoms with Gasteiger partial charge in [0, 0.05) is 38.1 Å². The second-order valence-electron chi connectivity index (χ2n) is 6.45. The molecule has 1 aliphatic carbocycles. The second-order valence-corrected chi connectivity index (χ2v) is 6.45. The first-order valence-electron chi connectivity index (χ1n) is 8.12. The van der Waals surface area contributed by atoms with Crippen molar-refractivity contribution in [2.75, 3.05) is 26.2 Å². The molecule has 2 fully saturated rings. The molecule has 1 N–H and O–H groups in total. The molecule has 1 aliphatic heterocycles. The Morgan fingerprint density at radius 2 is 2.14 bits per heavy atom. The van der Waals surface area contributed by atoms with Crippen molar-refractivity contribution in [1.29, 1.82) is 0 Å². The highest BCUT2D eigenvalue weighted by molar-refractivity contribution is 5.00. The number of hydrogen-bond donors (Lipinski definition) is 1. The molecular weight excluding hydrogens is 268 g/mol. The summed E-state index contributed by atoms with van der Waals surface area (Å²) in [5.74, 6) is 2.10. The van der Waals surface area contributed by atoms with Gasteiger partial charge in [-0.3, -0.25) is 9.80 Å². The van der Waals surface area contributed by atoms with Gasteiger partial charge in [-0.25, -0.2) is 0 Å². The summed E-state index contributed by atoms with van der Waals surface area (Å²) in [5, 5.41) is 17.9. The van der Waals surface area contributed by atoms with Crippen LogP contribution in [0.2, 0.25) is 0 Å². The number of piperazine rings is 1. The maximum absolute atomic E-state index is 9.59. The minimum absolute atomic E-state index is 0.261. The number of nitrogens with zero attached hydrogens (tertiary/aromatic N) is 4. The lowest BCUT2D eigenvalue weighted by Gasteiger charge is -2.41. The first-order valence-corrected chi connectivity index (χ1v) is 8.12. The summed E-state index contributed by atoms with van der Waals surface area (Å²) in [6.45, 7) is 8.57. The zero-order valence-electron chi connectivity index (χ0n) is 13.0. The van der Waals surface area contributed by atoms with E-state index in [2.05, 4.69) is 26.9 Å². The Bertz CT molecular complexity index is 458. The third-order valence-electron chi connectivity index (χ3n) is 4.43. The molecular formula is C15H26N4O2. The predicted octanol–water partition coefficient (Wildman–Crippen LogP) is 1.22. The van der Waals surface area contributed by atoms with Gasteiger partial charge in [0.1, 0.15) is 0 Å². The topological polar surface area (TPSA) is 65.6 Å². The average molecular weight is 294 g/mol. The Labute approximate surface area is 126 Å². The number of aliphatic hydroxyl groups excluding tert-OH is 1. The molecule has 1 aromatic heterocycles. The number of rotatable bonds is 6. The largest absolute Gasteiger partial charge is 0.424 e. The highest BCUT2D eigenvalue weighted by atomic mass is 16.4. The van der Waals surface area contributed by atoms with E-state index < -0.39 is 0 Å². The first kappa shape index (κ1) is 14.9. The Kier molecular flexibility index (Phi) is 4.57. The normalized spacial score (nSPS) is 26.1. The van der Waals surface area contributed by atoms with E-state index in [4.69, 9.17) is 4.42 Å². The Balaban J connectivity index is 1.54. The van der Waals surface area contributed by atoms with E-state index in [1.807, 2.05) is 6.92 Å². The van der Waals surface area contributed by atoms with Gasteiger partial charge in [-0.1, -0.05) is 6.92 Å². The number of hydrogen-bond acceptors (Lipinski definition) is 6. The molecule has 0 aromatic carbocycles. The molecule has 2 heterocycles. The summed E-state index contributed by atoms with van der Waals surface area (Å²) in [4.78, 5) is 4.78. The molecule has 0 amide bonds. The van der Waals surface area contributed by atoms with Crippen molar-refractivity contribution in [3.8, 4) is 0 Å². The van der Waals surface area contributed by atoms with Crippen molar-refractivity contribution >= 4 is 0 Å². The molecule has 3 rings (SSSR count). The van der Waals surface area contributed by atoms with Crippen LogP contribution < -0.4 is 0 Å². The number of aromatic nitrogens is 2. The van der Waals surface area contributed by atoms with Gasteiger partial charge in [0.15, 0.2) is 0 Å². The standard InChI is InChI=1S/C15H26N4O2/c1-3-13-9-18(6-7-19(13)8-11(2)20)10-14-16-17-15(21-14)12-4-5-12/h11-13,20H,3-10H2,1-2H3/t11-,13-/m1/s1. The summed E-state index contributed by atoms with van der Waals surface area (Å²) >= 11 is 0. The minimum Gasteiger partial charge on any atom is -0.424 e. The molecule has 21 heavy (non-hydrogen) atoms. The van der Waals surface area contributed by atoms with Crippen molar-refractivity contribution in [3.63, 3.8) is 0 Å². The summed E-state index contributed by atoms with van der Waals surface area (Å²) in [5.41, 5.74) is 0. The predicted molar refractivity (Wildman–Crippen MR) is 78.9 cm³/mol. The van der Waals surface area contributed by atoms with Crippen molar-refractivity contribution in [2.45, 2.75) is 57.7 Å². The Hall–Kier alpha value is -0.980. The van der Waals surface area contributed by atoms with Crippen LogP contribution in [0.3, 0.4) is 0 Å². The van der Waals surface area contributed by atoms with Gasteiger partial charge >= 0.3 is 0 Å². The summed E-state index contributed by atoms with van der Waals surface area (Å²) in [6, 6.07) is 0.499. The van der Waals surface area contributed by atoms with Crippen LogP contribution in [0.4, 0.5) is 0 Å². The SMILES string of the molecule is CC[C@@H]1CN(Cc2nnc(C3CC3)o2)CCN1C[C@@H](C)O. The van der Waals surface area contributed by atoms with E-state index in [1.54, 1.807) is 0 Å². The van der Waals surface area contributed by atoms with Crippen molar-refractivity contribution in [2.24, 2.45) is 0 Å². The van der Waals surface area contributed by atoms with Crippen molar-refractivity contribution < 1.29 is 9.52 Å². The minimum atomic E-state index is -0.261. The van der Waals surface area contributed by atoms with Gasteiger partial charge in [0.2, 0.25) is 11.8 Å². The summed E-state index contributed by atoms with van der Waals surface area (Å²) in [6.07, 6.45) is 3.22. The molecule has 118 valence electrons. The van der Waals surface area contributed by atoms with E-state index in [0.29, 0.717) is 12.0 Å². The van der Waals surface area contributed by atoms with E-state index in [0.717, 1.165) is 50.9 Å². The molecule has 2 atom stereocenters. The lowest BCUT2D eigenvalue weighted by molar-refractivity contribution is 0.0307. The van der Waals surface area contributed by atoms with E-state index in [9.17, 15) is 5.11 Å². The van der Waals surface area contributed by atoms with Crippen LogP contribution in [-0.4, -0.2) is 63.4 Å². The zero-order chi connectivity index (χ0) is 14.8. The molecule has 0 radical (unpaired) electrons. The summed E-state index contributed by atoms with van der Waals surface area (Å²) in [7, 11) is 0. The van der Waals surface area contributed by atoms with Crippen LogP contribution >= 0.6 is 0 Å². The van der Waals surface area contributed by atoms with E-state index >= 15 is 0 Å². The highest BCUT2D eigenvalue weighted by Crippen LogP contribution is 2.39. The lowest BCUT2D eigenvalue weighted by atomic mass is 10.1. The third kappa shape index (κ3) is 3.81. The van der Waals surface area contributed by atoms with Gasteiger partial charge in [0.25, 0.3) is 0 Å². The van der Waals surface area contributed by atoms with Crippen LogP contribution in [0.1, 0.15) is 50.8 Å². The highest BCUT2D eigenvalue weighted by Gasteiger charge is 2.31.